The molecule has 1 aromatic rings. The summed E-state index contributed by atoms with van der Waals surface area (Å²) in [7, 11) is 0. The molecule has 0 saturated carbocycles. The molecule has 1 unspecified atom stereocenters. The molecule has 0 radical (unpaired) electrons. The third-order valence-electron chi connectivity index (χ3n) is 3.85. The quantitative estimate of drug-likeness (QED) is 0.916. The average molecular weight is 282 g/mol. The van der Waals surface area contributed by atoms with Crippen LogP contribution < -0.4 is 10.6 Å². The number of aromatic nitrogens is 1. The van der Waals surface area contributed by atoms with Crippen LogP contribution in [-0.4, -0.2) is 49.2 Å². The monoisotopic (exact) mass is 282 g/mol. The van der Waals surface area contributed by atoms with Crippen molar-refractivity contribution in [2.75, 3.05) is 44.2 Å². The van der Waals surface area contributed by atoms with Gasteiger partial charge in [-0.05, 0) is 39.3 Å². The van der Waals surface area contributed by atoms with Gasteiger partial charge < -0.3 is 15.5 Å². The van der Waals surface area contributed by atoms with Gasteiger partial charge in [-0.1, -0.05) is 6.92 Å². The molecule has 1 fully saturated rings. The Kier molecular flexibility index (Phi) is 5.19. The standard InChI is InChI=1S/C14H26N4S/c1-11(9-15)10-17-5-4-6-18(8-7-17)14-16-12(2)13(3)19-14/h11H,4-10,15H2,1-3H3. The van der Waals surface area contributed by atoms with Crippen LogP contribution in [0.25, 0.3) is 0 Å². The molecule has 0 aliphatic carbocycles. The number of anilines is 1. The fraction of sp³-hybridized carbons (Fsp3) is 0.786. The summed E-state index contributed by atoms with van der Waals surface area (Å²) in [5.41, 5.74) is 6.90. The predicted molar refractivity (Wildman–Crippen MR) is 83.1 cm³/mol. The highest BCUT2D eigenvalue weighted by molar-refractivity contribution is 7.15. The fourth-order valence-electron chi connectivity index (χ4n) is 2.45. The van der Waals surface area contributed by atoms with Crippen molar-refractivity contribution < 1.29 is 0 Å². The predicted octanol–water partition coefficient (Wildman–Crippen LogP) is 1.87. The van der Waals surface area contributed by atoms with Crippen LogP contribution in [0.2, 0.25) is 0 Å². The van der Waals surface area contributed by atoms with Crippen LogP contribution in [0, 0.1) is 19.8 Å². The second-order valence-electron chi connectivity index (χ2n) is 5.62. The van der Waals surface area contributed by atoms with Crippen LogP contribution in [0.15, 0.2) is 0 Å². The molecule has 1 aliphatic rings. The molecule has 0 bridgehead atoms. The van der Waals surface area contributed by atoms with Gasteiger partial charge in [-0.15, -0.1) is 11.3 Å². The SMILES string of the molecule is Cc1nc(N2CCCN(CC(C)CN)CC2)sc1C. The minimum Gasteiger partial charge on any atom is -0.347 e. The summed E-state index contributed by atoms with van der Waals surface area (Å²) in [5, 5.41) is 1.20. The first-order chi connectivity index (χ1) is 9.10. The van der Waals surface area contributed by atoms with Crippen LogP contribution in [0.5, 0.6) is 0 Å². The molecule has 1 saturated heterocycles. The first-order valence-electron chi connectivity index (χ1n) is 7.21. The van der Waals surface area contributed by atoms with E-state index in [0.717, 1.165) is 32.7 Å². The van der Waals surface area contributed by atoms with Gasteiger partial charge in [-0.25, -0.2) is 4.98 Å². The largest absolute Gasteiger partial charge is 0.347 e. The molecule has 4 nitrogen and oxygen atoms in total. The lowest BCUT2D eigenvalue weighted by Gasteiger charge is -2.23. The number of aryl methyl sites for hydroxylation is 2. The Balaban J connectivity index is 1.93. The van der Waals surface area contributed by atoms with Crippen molar-refractivity contribution >= 4 is 16.5 Å². The molecule has 0 spiro atoms. The zero-order valence-electron chi connectivity index (χ0n) is 12.4. The molecular formula is C14H26N4S. The van der Waals surface area contributed by atoms with E-state index in [4.69, 9.17) is 5.73 Å². The van der Waals surface area contributed by atoms with E-state index >= 15 is 0 Å². The number of nitrogens with zero attached hydrogens (tertiary/aromatic N) is 3. The average Bonchev–Trinajstić information content (AvgIpc) is 2.61. The molecule has 1 aliphatic heterocycles. The van der Waals surface area contributed by atoms with E-state index in [9.17, 15) is 0 Å². The third kappa shape index (κ3) is 3.91. The highest BCUT2D eigenvalue weighted by Gasteiger charge is 2.18. The van der Waals surface area contributed by atoms with Gasteiger partial charge in [0.05, 0.1) is 5.69 Å². The summed E-state index contributed by atoms with van der Waals surface area (Å²) in [4.78, 5) is 11.0. The Morgan fingerprint density at radius 2 is 2.05 bits per heavy atom. The highest BCUT2D eigenvalue weighted by Crippen LogP contribution is 2.26. The molecule has 19 heavy (non-hydrogen) atoms. The zero-order valence-corrected chi connectivity index (χ0v) is 13.2. The molecule has 1 aromatic heterocycles. The summed E-state index contributed by atoms with van der Waals surface area (Å²) >= 11 is 1.83. The first-order valence-corrected chi connectivity index (χ1v) is 8.03. The Morgan fingerprint density at radius 1 is 1.26 bits per heavy atom. The van der Waals surface area contributed by atoms with Crippen LogP contribution >= 0.6 is 11.3 Å². The molecule has 0 aromatic carbocycles. The van der Waals surface area contributed by atoms with Crippen LogP contribution in [-0.2, 0) is 0 Å². The van der Waals surface area contributed by atoms with Gasteiger partial charge in [0.25, 0.3) is 0 Å². The molecule has 108 valence electrons. The minimum absolute atomic E-state index is 0.593. The molecule has 1 atom stereocenters. The van der Waals surface area contributed by atoms with Gasteiger partial charge in [-0.3, -0.25) is 0 Å². The summed E-state index contributed by atoms with van der Waals surface area (Å²) in [6, 6.07) is 0. The number of hydrogen-bond acceptors (Lipinski definition) is 5. The second-order valence-corrected chi connectivity index (χ2v) is 6.80. The van der Waals surface area contributed by atoms with Gasteiger partial charge in [0.2, 0.25) is 0 Å². The van der Waals surface area contributed by atoms with E-state index in [2.05, 4.69) is 35.6 Å². The topological polar surface area (TPSA) is 45.4 Å². The number of nitrogens with two attached hydrogens (primary N) is 1. The van der Waals surface area contributed by atoms with Gasteiger partial charge >= 0.3 is 0 Å². The molecule has 2 N–H and O–H groups in total. The molecule has 2 heterocycles. The van der Waals surface area contributed by atoms with Crippen molar-refractivity contribution in [3.63, 3.8) is 0 Å². The lowest BCUT2D eigenvalue weighted by Crippen LogP contribution is -2.35. The zero-order chi connectivity index (χ0) is 13.8. The summed E-state index contributed by atoms with van der Waals surface area (Å²) in [5.74, 6) is 0.593. The van der Waals surface area contributed by atoms with Crippen molar-refractivity contribution in [3.8, 4) is 0 Å². The number of hydrogen-bond donors (Lipinski definition) is 1. The molecule has 0 amide bonds. The summed E-state index contributed by atoms with van der Waals surface area (Å²) < 4.78 is 0. The van der Waals surface area contributed by atoms with E-state index in [0.29, 0.717) is 5.92 Å². The smallest absolute Gasteiger partial charge is 0.185 e. The van der Waals surface area contributed by atoms with Crippen LogP contribution in [0.4, 0.5) is 5.13 Å². The van der Waals surface area contributed by atoms with Crippen molar-refractivity contribution in [1.82, 2.24) is 9.88 Å². The Bertz CT molecular complexity index is 385. The van der Waals surface area contributed by atoms with Gasteiger partial charge in [0.1, 0.15) is 0 Å². The van der Waals surface area contributed by atoms with Crippen molar-refractivity contribution in [2.45, 2.75) is 27.2 Å². The molecule has 5 heteroatoms. The maximum absolute atomic E-state index is 5.72. The van der Waals surface area contributed by atoms with Crippen molar-refractivity contribution in [1.29, 1.82) is 0 Å². The molecular weight excluding hydrogens is 256 g/mol. The van der Waals surface area contributed by atoms with E-state index in [1.165, 1.54) is 28.7 Å². The molecule has 2 rings (SSSR count). The maximum Gasteiger partial charge on any atom is 0.185 e. The van der Waals surface area contributed by atoms with Crippen LogP contribution in [0.1, 0.15) is 23.9 Å². The Morgan fingerprint density at radius 3 is 2.68 bits per heavy atom. The normalized spacial score (nSPS) is 19.5. The van der Waals surface area contributed by atoms with E-state index < -0.39 is 0 Å². The highest BCUT2D eigenvalue weighted by atomic mass is 32.1. The number of rotatable bonds is 4. The maximum atomic E-state index is 5.72. The van der Waals surface area contributed by atoms with E-state index in [1.807, 2.05) is 11.3 Å². The van der Waals surface area contributed by atoms with Gasteiger partial charge in [0.15, 0.2) is 5.13 Å². The van der Waals surface area contributed by atoms with E-state index in [-0.39, 0.29) is 0 Å². The van der Waals surface area contributed by atoms with Crippen molar-refractivity contribution in [2.24, 2.45) is 11.7 Å². The summed E-state index contributed by atoms with van der Waals surface area (Å²) in [6.45, 7) is 12.9. The van der Waals surface area contributed by atoms with Crippen LogP contribution in [0.3, 0.4) is 0 Å². The lowest BCUT2D eigenvalue weighted by molar-refractivity contribution is 0.255. The number of thiazole rings is 1. The first kappa shape index (κ1) is 14.8. The fourth-order valence-corrected chi connectivity index (χ4v) is 3.41. The van der Waals surface area contributed by atoms with Gasteiger partial charge in [-0.2, -0.15) is 0 Å². The minimum atomic E-state index is 0.593. The van der Waals surface area contributed by atoms with Crippen molar-refractivity contribution in [3.05, 3.63) is 10.6 Å². The lowest BCUT2D eigenvalue weighted by atomic mass is 10.1. The summed E-state index contributed by atoms with van der Waals surface area (Å²) in [6.07, 6.45) is 1.22. The Labute approximate surface area is 120 Å². The third-order valence-corrected chi connectivity index (χ3v) is 4.98. The second kappa shape index (κ2) is 6.68. The van der Waals surface area contributed by atoms with Gasteiger partial charge in [0, 0.05) is 31.1 Å². The van der Waals surface area contributed by atoms with E-state index in [1.54, 1.807) is 0 Å². The Hall–Kier alpha value is -0.650.